The highest BCUT2D eigenvalue weighted by molar-refractivity contribution is 5.77. The fourth-order valence-electron chi connectivity index (χ4n) is 0.728. The molecule has 78 valence electrons. The summed E-state index contributed by atoms with van der Waals surface area (Å²) in [5, 5.41) is 0. The van der Waals surface area contributed by atoms with E-state index in [1.807, 2.05) is 0 Å². The van der Waals surface area contributed by atoms with Crippen molar-refractivity contribution in [1.29, 1.82) is 0 Å². The summed E-state index contributed by atoms with van der Waals surface area (Å²) in [7, 11) is 0. The number of hydrogen-bond donors (Lipinski definition) is 0. The summed E-state index contributed by atoms with van der Waals surface area (Å²) in [6.45, 7) is 2.15. The second-order valence-corrected chi connectivity index (χ2v) is 2.42. The fraction of sp³-hybridized carbons (Fsp3) is 0.500. The van der Waals surface area contributed by atoms with Gasteiger partial charge in [-0.1, -0.05) is 0 Å². The maximum Gasteiger partial charge on any atom is 0.303 e. The smallest absolute Gasteiger partial charge is 0.303 e. The van der Waals surface area contributed by atoms with Gasteiger partial charge < -0.3 is 9.47 Å². The zero-order valence-corrected chi connectivity index (χ0v) is 7.76. The van der Waals surface area contributed by atoms with Crippen molar-refractivity contribution < 1.29 is 28.7 Å². The van der Waals surface area contributed by atoms with E-state index in [0.29, 0.717) is 0 Å². The molecule has 6 nitrogen and oxygen atoms in total. The first-order valence-electron chi connectivity index (χ1n) is 3.76. The minimum Gasteiger partial charge on any atom is -0.450 e. The van der Waals surface area contributed by atoms with Crippen LogP contribution >= 0.6 is 0 Å². The summed E-state index contributed by atoms with van der Waals surface area (Å²) in [6, 6.07) is 0. The highest BCUT2D eigenvalue weighted by Crippen LogP contribution is 2.00. The lowest BCUT2D eigenvalue weighted by atomic mass is 10.2. The van der Waals surface area contributed by atoms with E-state index < -0.39 is 24.1 Å². The van der Waals surface area contributed by atoms with E-state index in [-0.39, 0.29) is 12.6 Å². The van der Waals surface area contributed by atoms with Crippen LogP contribution in [0.2, 0.25) is 0 Å². The average molecular weight is 202 g/mol. The minimum atomic E-state index is -1.38. The molecule has 0 rings (SSSR count). The van der Waals surface area contributed by atoms with Gasteiger partial charge in [0.2, 0.25) is 12.2 Å². The van der Waals surface area contributed by atoms with Crippen molar-refractivity contribution in [1.82, 2.24) is 0 Å². The minimum absolute atomic E-state index is 0.226. The van der Waals surface area contributed by atoms with E-state index in [2.05, 4.69) is 9.47 Å². The quantitative estimate of drug-likeness (QED) is 0.430. The largest absolute Gasteiger partial charge is 0.450 e. The second-order valence-electron chi connectivity index (χ2n) is 2.42. The Balaban J connectivity index is 4.43. The molecule has 0 aromatic rings. The molecule has 0 aliphatic heterocycles. The third-order valence-electron chi connectivity index (χ3n) is 1.20. The average Bonchev–Trinajstić information content (AvgIpc) is 2.10. The van der Waals surface area contributed by atoms with E-state index >= 15 is 0 Å². The van der Waals surface area contributed by atoms with E-state index in [0.717, 1.165) is 13.8 Å². The summed E-state index contributed by atoms with van der Waals surface area (Å²) >= 11 is 0. The van der Waals surface area contributed by atoms with E-state index in [4.69, 9.17) is 0 Å². The Labute approximate surface area is 80.2 Å². The van der Waals surface area contributed by atoms with Crippen LogP contribution in [0.15, 0.2) is 0 Å². The van der Waals surface area contributed by atoms with Crippen molar-refractivity contribution in [3.05, 3.63) is 0 Å². The molecule has 0 heterocycles. The topological polar surface area (TPSA) is 86.7 Å². The molecule has 0 aromatic carbocycles. The summed E-state index contributed by atoms with van der Waals surface area (Å²) in [5.74, 6) is -1.47. The monoisotopic (exact) mass is 202 g/mol. The molecule has 0 spiro atoms. The van der Waals surface area contributed by atoms with Gasteiger partial charge in [-0.15, -0.1) is 0 Å². The zero-order valence-electron chi connectivity index (χ0n) is 7.76. The lowest BCUT2D eigenvalue weighted by Gasteiger charge is -2.16. The number of carbonyl (C=O) groups is 4. The van der Waals surface area contributed by atoms with Gasteiger partial charge in [-0.05, 0) is 0 Å². The number of hydrogen-bond acceptors (Lipinski definition) is 6. The Morgan fingerprint density at radius 3 is 1.36 bits per heavy atom. The maximum absolute atomic E-state index is 10.5. The number of aldehydes is 2. The molecule has 0 saturated carbocycles. The second kappa shape index (κ2) is 5.85. The maximum atomic E-state index is 10.5. The summed E-state index contributed by atoms with van der Waals surface area (Å²) in [6.07, 6.45) is -2.31. The van der Waals surface area contributed by atoms with Gasteiger partial charge in [0.05, 0.1) is 0 Å². The lowest BCUT2D eigenvalue weighted by molar-refractivity contribution is -0.167. The molecule has 0 aliphatic rings. The third kappa shape index (κ3) is 4.34. The van der Waals surface area contributed by atoms with Crippen LogP contribution in [-0.4, -0.2) is 36.7 Å². The van der Waals surface area contributed by atoms with Crippen molar-refractivity contribution in [2.24, 2.45) is 0 Å². The number of carbonyl (C=O) groups excluding carboxylic acids is 4. The van der Waals surface area contributed by atoms with Gasteiger partial charge in [0.1, 0.15) is 0 Å². The Morgan fingerprint density at radius 2 is 1.21 bits per heavy atom. The van der Waals surface area contributed by atoms with Crippen molar-refractivity contribution >= 4 is 24.5 Å². The molecule has 0 radical (unpaired) electrons. The SMILES string of the molecule is CC(=O)OC(C=O)C(C=O)OC(C)=O. The first-order valence-corrected chi connectivity index (χ1v) is 3.76. The highest BCUT2D eigenvalue weighted by Gasteiger charge is 2.26. The molecule has 14 heavy (non-hydrogen) atoms. The Bertz CT molecular complexity index is 220. The normalized spacial score (nSPS) is 13.6. The molecule has 0 saturated heterocycles. The lowest BCUT2D eigenvalue weighted by Crippen LogP contribution is -2.36. The molecule has 0 aromatic heterocycles. The first-order chi connectivity index (χ1) is 6.51. The van der Waals surface area contributed by atoms with Crippen LogP contribution in [0.3, 0.4) is 0 Å². The predicted octanol–water partition coefficient (Wildman–Crippen LogP) is -0.752. The van der Waals surface area contributed by atoms with Gasteiger partial charge in [0.15, 0.2) is 12.6 Å². The molecule has 0 aliphatic carbocycles. The van der Waals surface area contributed by atoms with Crippen LogP contribution in [0.25, 0.3) is 0 Å². The molecule has 0 N–H and O–H groups in total. The van der Waals surface area contributed by atoms with Crippen LogP contribution in [-0.2, 0) is 28.7 Å². The predicted molar refractivity (Wildman–Crippen MR) is 43.2 cm³/mol. The summed E-state index contributed by atoms with van der Waals surface area (Å²) < 4.78 is 8.88. The van der Waals surface area contributed by atoms with Gasteiger partial charge >= 0.3 is 11.9 Å². The standard InChI is InChI=1S/C8H10O6/c1-5(11)13-7(3-9)8(4-10)14-6(2)12/h3-4,7-8H,1-2H3. The van der Waals surface area contributed by atoms with Crippen LogP contribution in [0.5, 0.6) is 0 Å². The van der Waals surface area contributed by atoms with Crippen molar-refractivity contribution in [2.45, 2.75) is 26.1 Å². The molecule has 6 heteroatoms. The van der Waals surface area contributed by atoms with Gasteiger partial charge in [0, 0.05) is 13.8 Å². The van der Waals surface area contributed by atoms with Gasteiger partial charge in [0.25, 0.3) is 0 Å². The number of rotatable bonds is 5. The van der Waals surface area contributed by atoms with Gasteiger partial charge in [-0.25, -0.2) is 0 Å². The fourth-order valence-corrected chi connectivity index (χ4v) is 0.728. The van der Waals surface area contributed by atoms with Crippen LogP contribution in [0.4, 0.5) is 0 Å². The molecule has 0 amide bonds. The molecular formula is C8H10O6. The van der Waals surface area contributed by atoms with Gasteiger partial charge in [-0.2, -0.15) is 0 Å². The Kier molecular flexibility index (Phi) is 5.13. The number of esters is 2. The Hall–Kier alpha value is -1.72. The van der Waals surface area contributed by atoms with Crippen LogP contribution in [0, 0.1) is 0 Å². The van der Waals surface area contributed by atoms with Crippen molar-refractivity contribution in [3.63, 3.8) is 0 Å². The summed E-state index contributed by atoms with van der Waals surface area (Å²) in [4.78, 5) is 41.8. The van der Waals surface area contributed by atoms with Crippen LogP contribution in [0.1, 0.15) is 13.8 Å². The van der Waals surface area contributed by atoms with E-state index in [1.54, 1.807) is 0 Å². The molecular weight excluding hydrogens is 192 g/mol. The molecule has 2 unspecified atom stereocenters. The van der Waals surface area contributed by atoms with Gasteiger partial charge in [-0.3, -0.25) is 19.2 Å². The number of ether oxygens (including phenoxy) is 2. The van der Waals surface area contributed by atoms with E-state index in [9.17, 15) is 19.2 Å². The third-order valence-corrected chi connectivity index (χ3v) is 1.20. The Morgan fingerprint density at radius 1 is 0.929 bits per heavy atom. The van der Waals surface area contributed by atoms with Crippen molar-refractivity contribution in [2.75, 3.05) is 0 Å². The van der Waals surface area contributed by atoms with Crippen molar-refractivity contribution in [3.8, 4) is 0 Å². The molecule has 0 bridgehead atoms. The zero-order chi connectivity index (χ0) is 11.1. The van der Waals surface area contributed by atoms with Crippen LogP contribution < -0.4 is 0 Å². The molecule has 0 fully saturated rings. The van der Waals surface area contributed by atoms with E-state index in [1.165, 1.54) is 0 Å². The highest BCUT2D eigenvalue weighted by atomic mass is 16.6. The summed E-state index contributed by atoms with van der Waals surface area (Å²) in [5.41, 5.74) is 0. The molecule has 2 atom stereocenters. The first kappa shape index (κ1) is 12.3.